The minimum Gasteiger partial charge on any atom is -0.345 e. The molecule has 0 aliphatic carbocycles. The van der Waals surface area contributed by atoms with Gasteiger partial charge in [0.05, 0.1) is 10.9 Å². The molecule has 0 fully saturated rings. The highest BCUT2D eigenvalue weighted by atomic mass is 32.2. The summed E-state index contributed by atoms with van der Waals surface area (Å²) in [7, 11) is -3.85. The lowest BCUT2D eigenvalue weighted by atomic mass is 10.0. The molecule has 0 spiro atoms. The van der Waals surface area contributed by atoms with Gasteiger partial charge in [0, 0.05) is 11.3 Å². The summed E-state index contributed by atoms with van der Waals surface area (Å²) in [6.07, 6.45) is 0.722. The first kappa shape index (κ1) is 23.5. The minimum absolute atomic E-state index is 0.0905. The predicted octanol–water partition coefficient (Wildman–Crippen LogP) is 5.60. The second kappa shape index (κ2) is 9.57. The fraction of sp³-hybridized carbons (Fsp3) is 0.269. The van der Waals surface area contributed by atoms with Gasteiger partial charge in [0.1, 0.15) is 0 Å². The number of hydrogen-bond donors (Lipinski definition) is 2. The summed E-state index contributed by atoms with van der Waals surface area (Å²) in [6.45, 7) is 9.57. The monoisotopic (exact) mass is 450 g/mol. The Morgan fingerprint density at radius 2 is 1.47 bits per heavy atom. The van der Waals surface area contributed by atoms with Crippen LogP contribution in [0, 0.1) is 27.7 Å². The van der Waals surface area contributed by atoms with E-state index in [1.54, 1.807) is 31.2 Å². The molecule has 3 aromatic carbocycles. The first-order valence-corrected chi connectivity index (χ1v) is 12.2. The lowest BCUT2D eigenvalue weighted by Crippen LogP contribution is -2.28. The predicted molar refractivity (Wildman–Crippen MR) is 130 cm³/mol. The summed E-state index contributed by atoms with van der Waals surface area (Å²) in [5, 5.41) is 3.03. The Morgan fingerprint density at radius 3 is 2.06 bits per heavy atom. The van der Waals surface area contributed by atoms with Crippen LogP contribution in [0.25, 0.3) is 0 Å². The van der Waals surface area contributed by atoms with E-state index in [0.29, 0.717) is 16.8 Å². The smallest absolute Gasteiger partial charge is 0.262 e. The zero-order valence-corrected chi connectivity index (χ0v) is 20.0. The van der Waals surface area contributed by atoms with Crippen molar-refractivity contribution in [2.75, 3.05) is 4.72 Å². The van der Waals surface area contributed by atoms with Crippen LogP contribution in [0.15, 0.2) is 65.6 Å². The van der Waals surface area contributed by atoms with Crippen molar-refractivity contribution in [3.63, 3.8) is 0 Å². The van der Waals surface area contributed by atoms with Crippen molar-refractivity contribution in [2.24, 2.45) is 0 Å². The average Bonchev–Trinajstić information content (AvgIpc) is 2.71. The minimum atomic E-state index is -3.85. The molecule has 0 bridgehead atoms. The summed E-state index contributed by atoms with van der Waals surface area (Å²) in [5.74, 6) is -0.305. The lowest BCUT2D eigenvalue weighted by molar-refractivity contribution is 0.0935. The van der Waals surface area contributed by atoms with Crippen molar-refractivity contribution in [3.8, 4) is 0 Å². The van der Waals surface area contributed by atoms with E-state index >= 15 is 0 Å². The molecule has 1 atom stereocenters. The summed E-state index contributed by atoms with van der Waals surface area (Å²) < 4.78 is 28.9. The Hall–Kier alpha value is -3.12. The normalized spacial score (nSPS) is 12.3. The van der Waals surface area contributed by atoms with Crippen molar-refractivity contribution in [2.45, 2.75) is 52.0 Å². The van der Waals surface area contributed by atoms with Crippen LogP contribution >= 0.6 is 0 Å². The van der Waals surface area contributed by atoms with Crippen molar-refractivity contribution < 1.29 is 13.2 Å². The van der Waals surface area contributed by atoms with Gasteiger partial charge < -0.3 is 5.32 Å². The summed E-state index contributed by atoms with van der Waals surface area (Å²) >= 11 is 0. The topological polar surface area (TPSA) is 75.3 Å². The number of hydrogen-bond acceptors (Lipinski definition) is 3. The van der Waals surface area contributed by atoms with Crippen molar-refractivity contribution >= 4 is 21.6 Å². The maximum absolute atomic E-state index is 13.1. The van der Waals surface area contributed by atoms with Crippen LogP contribution in [0.4, 0.5) is 5.69 Å². The number of rotatable bonds is 7. The highest BCUT2D eigenvalue weighted by Crippen LogP contribution is 2.23. The molecule has 168 valence electrons. The SMILES string of the molecule is CCC(NC(=O)c1ccc(C)c(S(=O)(=O)Nc2cc(C)cc(C)c2)c1)c1ccc(C)cc1. The molecule has 32 heavy (non-hydrogen) atoms. The summed E-state index contributed by atoms with van der Waals surface area (Å²) in [4.78, 5) is 13.1. The van der Waals surface area contributed by atoms with Gasteiger partial charge in [-0.3, -0.25) is 9.52 Å². The van der Waals surface area contributed by atoms with E-state index in [2.05, 4.69) is 10.0 Å². The molecule has 3 rings (SSSR count). The van der Waals surface area contributed by atoms with Gasteiger partial charge in [0.2, 0.25) is 0 Å². The molecule has 0 saturated carbocycles. The number of anilines is 1. The maximum Gasteiger partial charge on any atom is 0.262 e. The molecule has 0 aliphatic rings. The first-order chi connectivity index (χ1) is 15.1. The number of sulfonamides is 1. The molecule has 2 N–H and O–H groups in total. The molecule has 5 nitrogen and oxygen atoms in total. The fourth-order valence-corrected chi connectivity index (χ4v) is 5.05. The molecular formula is C26H30N2O3S. The van der Waals surface area contributed by atoms with Gasteiger partial charge in [-0.25, -0.2) is 8.42 Å². The van der Waals surface area contributed by atoms with Gasteiger partial charge in [-0.2, -0.15) is 0 Å². The maximum atomic E-state index is 13.1. The molecule has 3 aromatic rings. The van der Waals surface area contributed by atoms with Gasteiger partial charge in [-0.1, -0.05) is 48.9 Å². The average molecular weight is 451 g/mol. The van der Waals surface area contributed by atoms with Crippen molar-refractivity contribution in [1.82, 2.24) is 5.32 Å². The highest BCUT2D eigenvalue weighted by Gasteiger charge is 2.21. The molecule has 1 unspecified atom stereocenters. The molecule has 0 saturated heterocycles. The van der Waals surface area contributed by atoms with E-state index in [4.69, 9.17) is 0 Å². The number of carbonyl (C=O) groups is 1. The zero-order chi connectivity index (χ0) is 23.5. The Kier molecular flexibility index (Phi) is 7.04. The molecule has 1 amide bonds. The van der Waals surface area contributed by atoms with Crippen LogP contribution in [-0.4, -0.2) is 14.3 Å². The van der Waals surface area contributed by atoms with Crippen molar-refractivity contribution in [1.29, 1.82) is 0 Å². The van der Waals surface area contributed by atoms with Gasteiger partial charge in [-0.05, 0) is 80.6 Å². The lowest BCUT2D eigenvalue weighted by Gasteiger charge is -2.18. The van der Waals surface area contributed by atoms with Crippen LogP contribution in [0.5, 0.6) is 0 Å². The Balaban J connectivity index is 1.86. The van der Waals surface area contributed by atoms with Crippen molar-refractivity contribution in [3.05, 3.63) is 94.0 Å². The number of carbonyl (C=O) groups excluding carboxylic acids is 1. The van der Waals surface area contributed by atoms with Crippen LogP contribution in [0.2, 0.25) is 0 Å². The number of amides is 1. The van der Waals surface area contributed by atoms with Gasteiger partial charge in [0.15, 0.2) is 0 Å². The summed E-state index contributed by atoms with van der Waals surface area (Å²) in [6, 6.07) is 18.2. The molecule has 0 heterocycles. The second-order valence-electron chi connectivity index (χ2n) is 8.31. The molecule has 6 heteroatoms. The number of nitrogens with one attached hydrogen (secondary N) is 2. The second-order valence-corrected chi connectivity index (χ2v) is 9.96. The van der Waals surface area contributed by atoms with Crippen LogP contribution in [0.3, 0.4) is 0 Å². The van der Waals surface area contributed by atoms with Crippen LogP contribution in [0.1, 0.15) is 57.6 Å². The molecule has 0 radical (unpaired) electrons. The van der Waals surface area contributed by atoms with E-state index in [1.807, 2.05) is 58.0 Å². The highest BCUT2D eigenvalue weighted by molar-refractivity contribution is 7.92. The largest absolute Gasteiger partial charge is 0.345 e. The molecule has 0 aromatic heterocycles. The quantitative estimate of drug-likeness (QED) is 0.492. The third-order valence-electron chi connectivity index (χ3n) is 5.41. The number of benzene rings is 3. The third-order valence-corrected chi connectivity index (χ3v) is 6.93. The van der Waals surface area contributed by atoms with Gasteiger partial charge in [0.25, 0.3) is 15.9 Å². The van der Waals surface area contributed by atoms with E-state index in [-0.39, 0.29) is 16.8 Å². The third kappa shape index (κ3) is 5.56. The van der Waals surface area contributed by atoms with E-state index in [9.17, 15) is 13.2 Å². The number of aryl methyl sites for hydroxylation is 4. The zero-order valence-electron chi connectivity index (χ0n) is 19.2. The van der Waals surface area contributed by atoms with Gasteiger partial charge >= 0.3 is 0 Å². The van der Waals surface area contributed by atoms with Crippen LogP contribution < -0.4 is 10.0 Å². The van der Waals surface area contributed by atoms with Gasteiger partial charge in [-0.15, -0.1) is 0 Å². The van der Waals surface area contributed by atoms with E-state index < -0.39 is 10.0 Å². The van der Waals surface area contributed by atoms with Crippen LogP contribution in [-0.2, 0) is 10.0 Å². The van der Waals surface area contributed by atoms with E-state index in [1.165, 1.54) is 6.07 Å². The Labute approximate surface area is 190 Å². The Bertz CT molecular complexity index is 1210. The first-order valence-electron chi connectivity index (χ1n) is 10.7. The standard InChI is InChI=1S/C26H30N2O3S/c1-6-24(21-10-7-17(2)8-11-21)27-26(29)22-12-9-20(5)25(16-22)32(30,31)28-23-14-18(3)13-19(4)15-23/h7-16,24,28H,6H2,1-5H3,(H,27,29). The summed E-state index contributed by atoms with van der Waals surface area (Å²) in [5.41, 5.74) is 5.49. The fourth-order valence-electron chi connectivity index (χ4n) is 3.74. The molecule has 0 aliphatic heterocycles. The Morgan fingerprint density at radius 1 is 0.844 bits per heavy atom. The molecular weight excluding hydrogens is 420 g/mol. The van der Waals surface area contributed by atoms with E-state index in [0.717, 1.165) is 28.7 Å².